The smallest absolute Gasteiger partial charge is 0.234 e. The molecule has 0 aliphatic carbocycles. The molecule has 0 atom stereocenters. The van der Waals surface area contributed by atoms with Crippen molar-refractivity contribution in [3.05, 3.63) is 54.1 Å². The Morgan fingerprint density at radius 3 is 2.50 bits per heavy atom. The summed E-state index contributed by atoms with van der Waals surface area (Å²) in [7, 11) is 3.12. The van der Waals surface area contributed by atoms with Gasteiger partial charge in [-0.15, -0.1) is 10.2 Å². The Kier molecular flexibility index (Phi) is 6.81. The van der Waals surface area contributed by atoms with Crippen LogP contribution in [0.25, 0.3) is 0 Å². The fourth-order valence-electron chi connectivity index (χ4n) is 2.95. The molecule has 4 rings (SSSR count). The van der Waals surface area contributed by atoms with E-state index in [0.29, 0.717) is 34.6 Å². The van der Waals surface area contributed by atoms with E-state index in [2.05, 4.69) is 20.8 Å². The fourth-order valence-corrected chi connectivity index (χ4v) is 3.56. The molecule has 0 radical (unpaired) electrons. The van der Waals surface area contributed by atoms with Crippen molar-refractivity contribution >= 4 is 29.2 Å². The van der Waals surface area contributed by atoms with E-state index in [1.54, 1.807) is 32.4 Å². The normalized spacial score (nSPS) is 11.7. The average molecular weight is 455 g/mol. The van der Waals surface area contributed by atoms with Gasteiger partial charge in [-0.3, -0.25) is 4.79 Å². The number of carbonyl (C=O) groups excluding carboxylic acids is 1. The lowest BCUT2D eigenvalue weighted by atomic mass is 10.2. The first-order valence-electron chi connectivity index (χ1n) is 9.75. The summed E-state index contributed by atoms with van der Waals surface area (Å²) in [6, 6.07) is 14.6. The summed E-state index contributed by atoms with van der Waals surface area (Å²) < 4.78 is 21.1. The van der Waals surface area contributed by atoms with Crippen LogP contribution in [0, 0.1) is 0 Å². The number of fused-ring (bicyclic) bond motifs is 1. The van der Waals surface area contributed by atoms with Gasteiger partial charge in [0, 0.05) is 30.4 Å². The third-order valence-electron chi connectivity index (χ3n) is 4.54. The standard InChI is InChI=1S/C22H22N4O5S/c1-28-16-8-15(9-17(10-16)29-2)24-21(27)12-32-22-6-5-20(25-26-22)23-11-14-3-4-18-19(7-14)31-13-30-18/h3-10H,11-13H2,1-2H3,(H,23,25)(H,24,27). The minimum absolute atomic E-state index is 0.169. The van der Waals surface area contributed by atoms with E-state index in [9.17, 15) is 4.79 Å². The van der Waals surface area contributed by atoms with Crippen LogP contribution in [-0.2, 0) is 11.3 Å². The van der Waals surface area contributed by atoms with E-state index >= 15 is 0 Å². The van der Waals surface area contributed by atoms with Crippen molar-refractivity contribution in [3.8, 4) is 23.0 Å². The molecule has 1 amide bonds. The summed E-state index contributed by atoms with van der Waals surface area (Å²) in [6.45, 7) is 0.826. The van der Waals surface area contributed by atoms with Gasteiger partial charge in [0.15, 0.2) is 11.5 Å². The van der Waals surface area contributed by atoms with Crippen LogP contribution in [0.3, 0.4) is 0 Å². The molecular formula is C22H22N4O5S. The van der Waals surface area contributed by atoms with Gasteiger partial charge < -0.3 is 29.6 Å². The third kappa shape index (κ3) is 5.52. The van der Waals surface area contributed by atoms with Gasteiger partial charge in [-0.2, -0.15) is 0 Å². The van der Waals surface area contributed by atoms with Crippen molar-refractivity contribution in [2.75, 3.05) is 37.4 Å². The molecule has 1 aliphatic heterocycles. The number of hydrogen-bond acceptors (Lipinski definition) is 9. The summed E-state index contributed by atoms with van der Waals surface area (Å²) in [4.78, 5) is 12.3. The molecular weight excluding hydrogens is 432 g/mol. The lowest BCUT2D eigenvalue weighted by molar-refractivity contribution is -0.113. The molecule has 0 saturated heterocycles. The van der Waals surface area contributed by atoms with Gasteiger partial charge in [-0.1, -0.05) is 17.8 Å². The van der Waals surface area contributed by atoms with Crippen molar-refractivity contribution < 1.29 is 23.7 Å². The number of carbonyl (C=O) groups is 1. The van der Waals surface area contributed by atoms with Gasteiger partial charge in [-0.05, 0) is 29.8 Å². The van der Waals surface area contributed by atoms with Crippen molar-refractivity contribution in [1.29, 1.82) is 0 Å². The highest BCUT2D eigenvalue weighted by Crippen LogP contribution is 2.32. The van der Waals surface area contributed by atoms with Crippen molar-refractivity contribution in [2.45, 2.75) is 11.6 Å². The quantitative estimate of drug-likeness (QED) is 0.470. The number of rotatable bonds is 9. The molecule has 0 bridgehead atoms. The number of nitrogens with one attached hydrogen (secondary N) is 2. The van der Waals surface area contributed by atoms with Crippen LogP contribution < -0.4 is 29.6 Å². The topological polar surface area (TPSA) is 104 Å². The molecule has 0 fully saturated rings. The number of anilines is 2. The Morgan fingerprint density at radius 1 is 1.00 bits per heavy atom. The lowest BCUT2D eigenvalue weighted by Crippen LogP contribution is -2.14. The number of nitrogens with zero attached hydrogens (tertiary/aromatic N) is 2. The van der Waals surface area contributed by atoms with Crippen LogP contribution in [0.15, 0.2) is 53.6 Å². The SMILES string of the molecule is COc1cc(NC(=O)CSc2ccc(NCc3ccc4c(c3)OCO4)nn2)cc(OC)c1. The van der Waals surface area contributed by atoms with Crippen LogP contribution in [0.2, 0.25) is 0 Å². The number of methoxy groups -OCH3 is 2. The Labute approximate surface area is 189 Å². The number of benzene rings is 2. The maximum atomic E-state index is 12.3. The maximum absolute atomic E-state index is 12.3. The van der Waals surface area contributed by atoms with E-state index in [1.807, 2.05) is 30.3 Å². The second-order valence-electron chi connectivity index (χ2n) is 6.74. The number of hydrogen-bond donors (Lipinski definition) is 2. The molecule has 166 valence electrons. The molecule has 0 spiro atoms. The highest BCUT2D eigenvalue weighted by Gasteiger charge is 2.13. The second kappa shape index (κ2) is 10.1. The largest absolute Gasteiger partial charge is 0.497 e. The van der Waals surface area contributed by atoms with E-state index in [1.165, 1.54) is 11.8 Å². The summed E-state index contributed by atoms with van der Waals surface area (Å²) in [5.74, 6) is 3.36. The van der Waals surface area contributed by atoms with Crippen LogP contribution in [-0.4, -0.2) is 42.9 Å². The van der Waals surface area contributed by atoms with E-state index in [4.69, 9.17) is 18.9 Å². The van der Waals surface area contributed by atoms with Gasteiger partial charge in [-0.25, -0.2) is 0 Å². The zero-order valence-corrected chi connectivity index (χ0v) is 18.4. The molecule has 1 aromatic heterocycles. The molecule has 10 heteroatoms. The molecule has 3 aromatic rings. The second-order valence-corrected chi connectivity index (χ2v) is 7.73. The molecule has 2 N–H and O–H groups in total. The predicted octanol–water partition coefficient (Wildman–Crippen LogP) is 3.57. The van der Waals surface area contributed by atoms with Gasteiger partial charge in [0.1, 0.15) is 22.3 Å². The van der Waals surface area contributed by atoms with Gasteiger partial charge in [0.2, 0.25) is 12.7 Å². The van der Waals surface area contributed by atoms with Gasteiger partial charge >= 0.3 is 0 Å². The zero-order chi connectivity index (χ0) is 22.3. The molecule has 0 unspecified atom stereocenters. The number of amides is 1. The summed E-state index contributed by atoms with van der Waals surface area (Å²) >= 11 is 1.30. The molecule has 2 aromatic carbocycles. The first-order chi connectivity index (χ1) is 15.6. The van der Waals surface area contributed by atoms with Crippen LogP contribution in [0.4, 0.5) is 11.5 Å². The van der Waals surface area contributed by atoms with Crippen molar-refractivity contribution in [3.63, 3.8) is 0 Å². The van der Waals surface area contributed by atoms with E-state index < -0.39 is 0 Å². The lowest BCUT2D eigenvalue weighted by Gasteiger charge is -2.10. The van der Waals surface area contributed by atoms with Crippen LogP contribution >= 0.6 is 11.8 Å². The molecule has 0 saturated carbocycles. The van der Waals surface area contributed by atoms with Gasteiger partial charge in [0.05, 0.1) is 20.0 Å². The van der Waals surface area contributed by atoms with Crippen molar-refractivity contribution in [2.24, 2.45) is 0 Å². The minimum atomic E-state index is -0.169. The monoisotopic (exact) mass is 454 g/mol. The predicted molar refractivity (Wildman–Crippen MR) is 121 cm³/mol. The number of thioether (sulfide) groups is 1. The first-order valence-corrected chi connectivity index (χ1v) is 10.7. The fraction of sp³-hybridized carbons (Fsp3) is 0.227. The molecule has 32 heavy (non-hydrogen) atoms. The zero-order valence-electron chi connectivity index (χ0n) is 17.6. The molecule has 1 aliphatic rings. The molecule has 2 heterocycles. The summed E-state index contributed by atoms with van der Waals surface area (Å²) in [5.41, 5.74) is 1.64. The van der Waals surface area contributed by atoms with E-state index in [-0.39, 0.29) is 18.5 Å². The number of ether oxygens (including phenoxy) is 4. The average Bonchev–Trinajstić information content (AvgIpc) is 3.29. The minimum Gasteiger partial charge on any atom is -0.497 e. The van der Waals surface area contributed by atoms with Gasteiger partial charge in [0.25, 0.3) is 0 Å². The van der Waals surface area contributed by atoms with Crippen LogP contribution in [0.1, 0.15) is 5.56 Å². The van der Waals surface area contributed by atoms with Crippen molar-refractivity contribution in [1.82, 2.24) is 10.2 Å². The van der Waals surface area contributed by atoms with E-state index in [0.717, 1.165) is 17.1 Å². The van der Waals surface area contributed by atoms with Crippen LogP contribution in [0.5, 0.6) is 23.0 Å². The Balaban J connectivity index is 1.26. The highest BCUT2D eigenvalue weighted by molar-refractivity contribution is 7.99. The Bertz CT molecular complexity index is 1070. The molecule has 9 nitrogen and oxygen atoms in total. The third-order valence-corrected chi connectivity index (χ3v) is 5.46. The Morgan fingerprint density at radius 2 is 1.78 bits per heavy atom. The maximum Gasteiger partial charge on any atom is 0.234 e. The summed E-state index contributed by atoms with van der Waals surface area (Å²) in [6.07, 6.45) is 0. The number of aromatic nitrogens is 2. The highest BCUT2D eigenvalue weighted by atomic mass is 32.2. The first kappa shape index (κ1) is 21.6. The summed E-state index contributed by atoms with van der Waals surface area (Å²) in [5, 5.41) is 15.0. The Hall–Kier alpha value is -3.66.